The zero-order valence-corrected chi connectivity index (χ0v) is 22.4. The fourth-order valence-corrected chi connectivity index (χ4v) is 6.45. The molecule has 1 N–H and O–H groups in total. The minimum absolute atomic E-state index is 0.0180. The van der Waals surface area contributed by atoms with Crippen molar-refractivity contribution in [1.29, 1.82) is 0 Å². The van der Waals surface area contributed by atoms with Crippen molar-refractivity contribution in [1.82, 2.24) is 10.2 Å². The minimum Gasteiger partial charge on any atom is -0.497 e. The van der Waals surface area contributed by atoms with Gasteiger partial charge in [-0.1, -0.05) is 41.6 Å². The third-order valence-electron chi connectivity index (χ3n) is 7.28. The van der Waals surface area contributed by atoms with Gasteiger partial charge in [0.05, 0.1) is 19.3 Å². The van der Waals surface area contributed by atoms with Gasteiger partial charge in [0.2, 0.25) is 5.91 Å². The minimum atomic E-state index is -0.988. The van der Waals surface area contributed by atoms with E-state index in [4.69, 9.17) is 14.2 Å². The molecule has 3 heterocycles. The van der Waals surface area contributed by atoms with Gasteiger partial charge in [0.15, 0.2) is 5.79 Å². The van der Waals surface area contributed by atoms with Crippen molar-refractivity contribution in [2.75, 3.05) is 20.0 Å². The summed E-state index contributed by atoms with van der Waals surface area (Å²) in [6, 6.07) is 7.41. The Morgan fingerprint density at radius 3 is 2.69 bits per heavy atom. The number of benzene rings is 1. The number of nitrogens with one attached hydrogen (secondary N) is 1. The highest BCUT2D eigenvalue weighted by molar-refractivity contribution is 8.13. The molecule has 1 aromatic carbocycles. The highest BCUT2D eigenvalue weighted by Crippen LogP contribution is 2.42. The van der Waals surface area contributed by atoms with Crippen LogP contribution in [-0.2, 0) is 20.8 Å². The summed E-state index contributed by atoms with van der Waals surface area (Å²) in [4.78, 5) is 27.7. The number of carbonyl (C=O) groups is 2. The fraction of sp³-hybridized carbons (Fsp3) is 0.571. The molecule has 0 radical (unpaired) electrons. The van der Waals surface area contributed by atoms with Crippen molar-refractivity contribution in [2.45, 2.75) is 82.4 Å². The Morgan fingerprint density at radius 1 is 1.17 bits per heavy atom. The number of ether oxygens (including phenoxy) is 3. The van der Waals surface area contributed by atoms with Crippen LogP contribution in [0.4, 0.5) is 4.79 Å². The zero-order valence-electron chi connectivity index (χ0n) is 21.5. The monoisotopic (exact) mass is 514 g/mol. The van der Waals surface area contributed by atoms with E-state index in [0.29, 0.717) is 18.7 Å². The molecule has 8 heteroatoms. The van der Waals surface area contributed by atoms with Gasteiger partial charge in [0.25, 0.3) is 5.24 Å². The van der Waals surface area contributed by atoms with E-state index in [1.165, 1.54) is 11.8 Å². The summed E-state index contributed by atoms with van der Waals surface area (Å²) in [5, 5.41) is 3.23. The predicted octanol–water partition coefficient (Wildman–Crippen LogP) is 5.21. The molecule has 2 fully saturated rings. The molecule has 7 nitrogen and oxygen atoms in total. The summed E-state index contributed by atoms with van der Waals surface area (Å²) in [5.74, 6) is 0.300. The number of fused-ring (bicyclic) bond motifs is 2. The molecule has 196 valence electrons. The molecule has 2 saturated heterocycles. The molecule has 0 aliphatic carbocycles. The molecule has 0 aromatic heterocycles. The number of rotatable bonds is 5. The molecule has 3 aliphatic heterocycles. The molecular formula is C28H38N2O5S. The highest BCUT2D eigenvalue weighted by Gasteiger charge is 2.53. The molecule has 0 saturated carbocycles. The van der Waals surface area contributed by atoms with Crippen LogP contribution in [0.5, 0.6) is 5.75 Å². The van der Waals surface area contributed by atoms with Gasteiger partial charge in [0, 0.05) is 37.9 Å². The number of amides is 2. The van der Waals surface area contributed by atoms with E-state index in [9.17, 15) is 9.59 Å². The largest absolute Gasteiger partial charge is 0.497 e. The Kier molecular flexibility index (Phi) is 9.14. The summed E-state index contributed by atoms with van der Waals surface area (Å²) in [6.45, 7) is 2.47. The van der Waals surface area contributed by atoms with E-state index in [2.05, 4.69) is 17.5 Å². The SMILES string of the molecule is COc1ccc(CN2C(=O)SCC2C2(OC)CC3CC(CCCC=CCCC(C)=CC(=O)N3)O2)cc1. The van der Waals surface area contributed by atoms with E-state index < -0.39 is 5.79 Å². The van der Waals surface area contributed by atoms with Crippen LogP contribution < -0.4 is 10.1 Å². The van der Waals surface area contributed by atoms with Crippen LogP contribution in [0.3, 0.4) is 0 Å². The quantitative estimate of drug-likeness (QED) is 0.544. The summed E-state index contributed by atoms with van der Waals surface area (Å²) in [6.07, 6.45) is 12.0. The topological polar surface area (TPSA) is 77.1 Å². The normalized spacial score (nSPS) is 29.9. The first kappa shape index (κ1) is 26.8. The lowest BCUT2D eigenvalue weighted by atomic mass is 9.89. The van der Waals surface area contributed by atoms with Crippen LogP contribution in [0, 0.1) is 0 Å². The molecule has 4 unspecified atom stereocenters. The Labute approximate surface area is 218 Å². The maximum absolute atomic E-state index is 13.0. The lowest BCUT2D eigenvalue weighted by Gasteiger charge is -2.48. The van der Waals surface area contributed by atoms with Crippen LogP contribution in [0.2, 0.25) is 0 Å². The van der Waals surface area contributed by atoms with Gasteiger partial charge in [-0.05, 0) is 63.1 Å². The van der Waals surface area contributed by atoms with Gasteiger partial charge in [-0.3, -0.25) is 9.59 Å². The Bertz CT molecular complexity index is 979. The Hall–Kier alpha value is -2.29. The van der Waals surface area contributed by atoms with Crippen LogP contribution in [0.1, 0.15) is 57.4 Å². The van der Waals surface area contributed by atoms with Gasteiger partial charge in [-0.15, -0.1) is 0 Å². The number of hydrogen-bond donors (Lipinski definition) is 1. The van der Waals surface area contributed by atoms with Gasteiger partial charge < -0.3 is 24.4 Å². The zero-order chi connectivity index (χ0) is 25.5. The van der Waals surface area contributed by atoms with Crippen LogP contribution >= 0.6 is 11.8 Å². The van der Waals surface area contributed by atoms with Gasteiger partial charge in [-0.25, -0.2) is 0 Å². The van der Waals surface area contributed by atoms with Crippen molar-refractivity contribution >= 4 is 22.9 Å². The van der Waals surface area contributed by atoms with E-state index >= 15 is 0 Å². The number of carbonyl (C=O) groups excluding carboxylic acids is 2. The van der Waals surface area contributed by atoms with Crippen LogP contribution in [0.25, 0.3) is 0 Å². The lowest BCUT2D eigenvalue weighted by molar-refractivity contribution is -0.294. The predicted molar refractivity (Wildman–Crippen MR) is 142 cm³/mol. The second-order valence-corrected chi connectivity index (χ2v) is 10.9. The third kappa shape index (κ3) is 6.52. The van der Waals surface area contributed by atoms with E-state index in [1.54, 1.807) is 20.3 Å². The summed E-state index contributed by atoms with van der Waals surface area (Å²) in [7, 11) is 3.30. The van der Waals surface area contributed by atoms with Crippen LogP contribution in [-0.4, -0.2) is 60.0 Å². The second-order valence-electron chi connectivity index (χ2n) is 9.90. The molecule has 0 spiro atoms. The van der Waals surface area contributed by atoms with Crippen molar-refractivity contribution in [3.05, 3.63) is 53.6 Å². The Morgan fingerprint density at radius 2 is 1.94 bits per heavy atom. The lowest BCUT2D eigenvalue weighted by Crippen LogP contribution is -2.62. The maximum atomic E-state index is 13.0. The molecular weight excluding hydrogens is 476 g/mol. The maximum Gasteiger partial charge on any atom is 0.282 e. The average Bonchev–Trinajstić information content (AvgIpc) is 3.23. The van der Waals surface area contributed by atoms with Crippen molar-refractivity contribution in [2.24, 2.45) is 0 Å². The number of thioether (sulfide) groups is 1. The molecule has 3 aliphatic rings. The van der Waals surface area contributed by atoms with Gasteiger partial charge in [-0.2, -0.15) is 0 Å². The molecule has 1 aromatic rings. The molecule has 2 bridgehead atoms. The first-order valence-corrected chi connectivity index (χ1v) is 13.8. The summed E-state index contributed by atoms with van der Waals surface area (Å²) >= 11 is 1.30. The first-order valence-electron chi connectivity index (χ1n) is 12.8. The number of allylic oxidation sites excluding steroid dienone is 3. The number of methoxy groups -OCH3 is 2. The van der Waals surface area contributed by atoms with E-state index in [-0.39, 0.29) is 29.3 Å². The average molecular weight is 515 g/mol. The highest BCUT2D eigenvalue weighted by atomic mass is 32.2. The third-order valence-corrected chi connectivity index (χ3v) is 8.24. The Balaban J connectivity index is 1.58. The standard InChI is InChI=1S/C28H38N2O5S/c1-20-9-7-5-4-6-8-10-24-16-22(29-26(31)15-20)17-28(34-3,35-24)25-19-36-27(32)30(25)18-21-11-13-23(33-2)14-12-21/h4-5,11-15,22,24-25H,6-10,16-19H2,1-3H3,(H,29,31). The smallest absolute Gasteiger partial charge is 0.282 e. The van der Waals surface area contributed by atoms with Crippen molar-refractivity contribution in [3.63, 3.8) is 0 Å². The second kappa shape index (κ2) is 12.3. The molecule has 36 heavy (non-hydrogen) atoms. The van der Waals surface area contributed by atoms with Crippen molar-refractivity contribution < 1.29 is 23.8 Å². The fourth-order valence-electron chi connectivity index (χ4n) is 5.36. The first-order chi connectivity index (χ1) is 17.4. The number of nitrogens with zero attached hydrogens (tertiary/aromatic N) is 1. The molecule has 4 atom stereocenters. The summed E-state index contributed by atoms with van der Waals surface area (Å²) < 4.78 is 18.1. The number of hydrogen-bond acceptors (Lipinski definition) is 6. The van der Waals surface area contributed by atoms with E-state index in [1.807, 2.05) is 36.1 Å². The van der Waals surface area contributed by atoms with Crippen molar-refractivity contribution in [3.8, 4) is 5.75 Å². The van der Waals surface area contributed by atoms with E-state index in [0.717, 1.165) is 55.4 Å². The van der Waals surface area contributed by atoms with Crippen LogP contribution in [0.15, 0.2) is 48.1 Å². The summed E-state index contributed by atoms with van der Waals surface area (Å²) in [5.41, 5.74) is 2.08. The molecule has 2 amide bonds. The van der Waals surface area contributed by atoms with Gasteiger partial charge in [0.1, 0.15) is 5.75 Å². The molecule has 4 rings (SSSR count). The van der Waals surface area contributed by atoms with Gasteiger partial charge >= 0.3 is 0 Å².